The van der Waals surface area contributed by atoms with Gasteiger partial charge in [0.1, 0.15) is 0 Å². The highest BCUT2D eigenvalue weighted by atomic mass is 35.5. The van der Waals surface area contributed by atoms with Crippen LogP contribution in [0.3, 0.4) is 0 Å². The summed E-state index contributed by atoms with van der Waals surface area (Å²) in [7, 11) is 0. The van der Waals surface area contributed by atoms with Crippen LogP contribution in [-0.4, -0.2) is 5.66 Å². The molecule has 0 saturated carbocycles. The topological polar surface area (TPSA) is 52.0 Å². The highest BCUT2D eigenvalue weighted by Gasteiger charge is 2.15. The zero-order chi connectivity index (χ0) is 6.91. The first-order valence-corrected chi connectivity index (χ1v) is 3.11. The van der Waals surface area contributed by atoms with Gasteiger partial charge in [0.15, 0.2) is 0 Å². The van der Waals surface area contributed by atoms with Gasteiger partial charge in [0.25, 0.3) is 0 Å². The van der Waals surface area contributed by atoms with Gasteiger partial charge in [-0.25, -0.2) is 0 Å². The minimum atomic E-state index is -0.682. The lowest BCUT2D eigenvalue weighted by molar-refractivity contribution is 0.556. The van der Waals surface area contributed by atoms with Crippen LogP contribution in [0.5, 0.6) is 0 Å². The van der Waals surface area contributed by atoms with Gasteiger partial charge in [-0.15, -0.1) is 0 Å². The van der Waals surface area contributed by atoms with Crippen LogP contribution in [0.4, 0.5) is 0 Å². The van der Waals surface area contributed by atoms with E-state index in [4.69, 9.17) is 23.1 Å². The molecule has 0 unspecified atom stereocenters. The molecular weight excluding hydrogens is 136 g/mol. The Morgan fingerprint density at radius 2 is 2.22 bits per heavy atom. The van der Waals surface area contributed by atoms with E-state index in [9.17, 15) is 0 Å². The molecule has 0 fully saturated rings. The summed E-state index contributed by atoms with van der Waals surface area (Å²) >= 11 is 5.61. The lowest BCUT2D eigenvalue weighted by atomic mass is 10.0. The standard InChI is InChI=1S/C6H9ClN2/c7-5-1-3-6(8,9)4-2-5/h1-3H,4,8-9H2. The summed E-state index contributed by atoms with van der Waals surface area (Å²) in [5.74, 6) is 0. The van der Waals surface area contributed by atoms with Crippen LogP contribution in [0.15, 0.2) is 23.3 Å². The van der Waals surface area contributed by atoms with Crippen LogP contribution >= 0.6 is 11.6 Å². The Hall–Kier alpha value is -0.310. The molecule has 0 aromatic carbocycles. The molecule has 4 N–H and O–H groups in total. The summed E-state index contributed by atoms with van der Waals surface area (Å²) in [6.07, 6.45) is 5.84. The zero-order valence-electron chi connectivity index (χ0n) is 4.97. The van der Waals surface area contributed by atoms with E-state index in [-0.39, 0.29) is 0 Å². The van der Waals surface area contributed by atoms with Gasteiger partial charge in [-0.05, 0) is 12.2 Å². The highest BCUT2D eigenvalue weighted by molar-refractivity contribution is 6.31. The van der Waals surface area contributed by atoms with Gasteiger partial charge < -0.3 is 11.5 Å². The summed E-state index contributed by atoms with van der Waals surface area (Å²) in [6.45, 7) is 0. The molecule has 0 saturated heterocycles. The van der Waals surface area contributed by atoms with E-state index in [1.54, 1.807) is 12.2 Å². The van der Waals surface area contributed by atoms with Crippen LogP contribution in [-0.2, 0) is 0 Å². The molecule has 1 aliphatic carbocycles. The highest BCUT2D eigenvalue weighted by Crippen LogP contribution is 2.15. The van der Waals surface area contributed by atoms with Crippen molar-refractivity contribution in [3.8, 4) is 0 Å². The first-order valence-electron chi connectivity index (χ1n) is 2.73. The van der Waals surface area contributed by atoms with Crippen molar-refractivity contribution < 1.29 is 0 Å². The quantitative estimate of drug-likeness (QED) is 0.492. The Labute approximate surface area is 59.2 Å². The van der Waals surface area contributed by atoms with E-state index < -0.39 is 5.66 Å². The second-order valence-corrected chi connectivity index (χ2v) is 2.68. The minimum absolute atomic E-state index is 0.613. The van der Waals surface area contributed by atoms with Crippen molar-refractivity contribution >= 4 is 11.6 Å². The second-order valence-electron chi connectivity index (χ2n) is 2.24. The Morgan fingerprint density at radius 3 is 2.56 bits per heavy atom. The lowest BCUT2D eigenvalue weighted by Crippen LogP contribution is -2.47. The van der Waals surface area contributed by atoms with Crippen molar-refractivity contribution in [3.05, 3.63) is 23.3 Å². The number of hydrogen-bond donors (Lipinski definition) is 2. The predicted octanol–water partition coefficient (Wildman–Crippen LogP) is 0.683. The Balaban J connectivity index is 2.70. The molecule has 0 bridgehead atoms. The Bertz CT molecular complexity index is 170. The van der Waals surface area contributed by atoms with Crippen molar-refractivity contribution in [2.45, 2.75) is 12.1 Å². The van der Waals surface area contributed by atoms with E-state index in [2.05, 4.69) is 0 Å². The number of allylic oxidation sites excluding steroid dienone is 2. The Kier molecular flexibility index (Phi) is 1.62. The fourth-order valence-corrected chi connectivity index (χ4v) is 0.785. The third kappa shape index (κ3) is 1.82. The maximum absolute atomic E-state index is 5.61. The van der Waals surface area contributed by atoms with Crippen LogP contribution in [0.1, 0.15) is 6.42 Å². The van der Waals surface area contributed by atoms with E-state index >= 15 is 0 Å². The molecule has 0 aromatic rings. The largest absolute Gasteiger partial charge is 0.310 e. The van der Waals surface area contributed by atoms with E-state index in [0.717, 1.165) is 0 Å². The maximum atomic E-state index is 5.61. The zero-order valence-corrected chi connectivity index (χ0v) is 5.73. The summed E-state index contributed by atoms with van der Waals surface area (Å²) in [5.41, 5.74) is 10.4. The lowest BCUT2D eigenvalue weighted by Gasteiger charge is -2.20. The minimum Gasteiger partial charge on any atom is -0.310 e. The van der Waals surface area contributed by atoms with E-state index in [1.807, 2.05) is 6.08 Å². The van der Waals surface area contributed by atoms with Gasteiger partial charge >= 0.3 is 0 Å². The molecule has 1 rings (SSSR count). The average molecular weight is 145 g/mol. The fourth-order valence-electron chi connectivity index (χ4n) is 0.645. The predicted molar refractivity (Wildman–Crippen MR) is 38.8 cm³/mol. The third-order valence-corrected chi connectivity index (χ3v) is 1.48. The fraction of sp³-hybridized carbons (Fsp3) is 0.333. The second kappa shape index (κ2) is 2.14. The smallest absolute Gasteiger partial charge is 0.0867 e. The van der Waals surface area contributed by atoms with E-state index in [1.165, 1.54) is 0 Å². The summed E-state index contributed by atoms with van der Waals surface area (Å²) in [4.78, 5) is 0. The molecule has 0 aliphatic heterocycles. The molecule has 0 spiro atoms. The van der Waals surface area contributed by atoms with E-state index in [0.29, 0.717) is 11.5 Å². The molecule has 0 atom stereocenters. The molecule has 3 heteroatoms. The van der Waals surface area contributed by atoms with Crippen molar-refractivity contribution in [3.63, 3.8) is 0 Å². The average Bonchev–Trinajstić information content (AvgIpc) is 1.78. The molecule has 50 valence electrons. The SMILES string of the molecule is NC1(N)C=CC(Cl)=CC1. The maximum Gasteiger partial charge on any atom is 0.0867 e. The molecule has 0 heterocycles. The molecule has 1 aliphatic rings. The van der Waals surface area contributed by atoms with Crippen molar-refractivity contribution in [1.29, 1.82) is 0 Å². The van der Waals surface area contributed by atoms with Crippen LogP contribution < -0.4 is 11.5 Å². The summed E-state index contributed by atoms with van der Waals surface area (Å²) in [6, 6.07) is 0. The van der Waals surface area contributed by atoms with Gasteiger partial charge in [0.2, 0.25) is 0 Å². The third-order valence-electron chi connectivity index (χ3n) is 1.20. The van der Waals surface area contributed by atoms with Gasteiger partial charge in [-0.1, -0.05) is 17.7 Å². The van der Waals surface area contributed by atoms with Crippen LogP contribution in [0.25, 0.3) is 0 Å². The summed E-state index contributed by atoms with van der Waals surface area (Å²) < 4.78 is 0. The van der Waals surface area contributed by atoms with Gasteiger partial charge in [-0.3, -0.25) is 0 Å². The molecule has 2 nitrogen and oxygen atoms in total. The molecule has 9 heavy (non-hydrogen) atoms. The molecule has 0 radical (unpaired) electrons. The van der Waals surface area contributed by atoms with Gasteiger partial charge in [0.05, 0.1) is 5.66 Å². The number of nitrogens with two attached hydrogens (primary N) is 2. The summed E-state index contributed by atoms with van der Waals surface area (Å²) in [5, 5.41) is 0.710. The van der Waals surface area contributed by atoms with Crippen molar-refractivity contribution in [2.75, 3.05) is 0 Å². The Morgan fingerprint density at radius 1 is 1.56 bits per heavy atom. The first-order chi connectivity index (χ1) is 4.10. The van der Waals surface area contributed by atoms with Crippen LogP contribution in [0.2, 0.25) is 0 Å². The number of hydrogen-bond acceptors (Lipinski definition) is 2. The monoisotopic (exact) mass is 144 g/mol. The first kappa shape index (κ1) is 6.81. The van der Waals surface area contributed by atoms with Crippen LogP contribution in [0, 0.1) is 0 Å². The molecule has 0 aromatic heterocycles. The van der Waals surface area contributed by atoms with Crippen molar-refractivity contribution in [2.24, 2.45) is 11.5 Å². The van der Waals surface area contributed by atoms with Crippen molar-refractivity contribution in [1.82, 2.24) is 0 Å². The van der Waals surface area contributed by atoms with Gasteiger partial charge in [-0.2, -0.15) is 0 Å². The number of rotatable bonds is 0. The normalized spacial score (nSPS) is 23.7. The number of halogens is 1. The molecule has 0 amide bonds. The van der Waals surface area contributed by atoms with Gasteiger partial charge in [0, 0.05) is 11.5 Å². The molecular formula is C6H9ClN2.